The smallest absolute Gasteiger partial charge is 0.258 e. The summed E-state index contributed by atoms with van der Waals surface area (Å²) in [5.41, 5.74) is -0.453. The summed E-state index contributed by atoms with van der Waals surface area (Å²) < 4.78 is 0. The number of benzene rings is 1. The van der Waals surface area contributed by atoms with Crippen LogP contribution in [0.15, 0.2) is 36.9 Å². The first-order chi connectivity index (χ1) is 8.56. The molecule has 0 aromatic heterocycles. The predicted molar refractivity (Wildman–Crippen MR) is 65.3 cm³/mol. The van der Waals surface area contributed by atoms with Gasteiger partial charge in [0.05, 0.1) is 17.1 Å². The molecule has 1 rings (SSSR count). The number of rotatable bonds is 5. The number of nitro benzene ring substituents is 1. The van der Waals surface area contributed by atoms with E-state index in [1.807, 2.05) is 12.1 Å². The molecule has 0 saturated carbocycles. The largest absolute Gasteiger partial charge is 0.269 e. The van der Waals surface area contributed by atoms with Crippen LogP contribution in [0.2, 0.25) is 0 Å². The monoisotopic (exact) mass is 241 g/mol. The lowest BCUT2D eigenvalue weighted by molar-refractivity contribution is -0.384. The summed E-state index contributed by atoms with van der Waals surface area (Å²) >= 11 is 0. The highest BCUT2D eigenvalue weighted by Crippen LogP contribution is 2.27. The molecule has 0 radical (unpaired) electrons. The van der Waals surface area contributed by atoms with E-state index in [0.717, 1.165) is 0 Å². The molecule has 18 heavy (non-hydrogen) atoms. The van der Waals surface area contributed by atoms with Gasteiger partial charge in [0.1, 0.15) is 0 Å². The Hall–Kier alpha value is -2.66. The maximum Gasteiger partial charge on any atom is 0.269 e. The molecule has 0 aliphatic carbocycles. The van der Waals surface area contributed by atoms with E-state index >= 15 is 0 Å². The molecule has 5 nitrogen and oxygen atoms in total. The van der Waals surface area contributed by atoms with E-state index in [1.54, 1.807) is 12.1 Å². The summed E-state index contributed by atoms with van der Waals surface area (Å²) in [5.74, 6) is 0. The Kier molecular flexibility index (Phi) is 4.17. The maximum atomic E-state index is 10.5. The van der Waals surface area contributed by atoms with Gasteiger partial charge in [0.15, 0.2) is 5.41 Å². The first-order valence-electron chi connectivity index (χ1n) is 5.23. The lowest BCUT2D eigenvalue weighted by Gasteiger charge is -2.16. The highest BCUT2D eigenvalue weighted by molar-refractivity contribution is 5.35. The van der Waals surface area contributed by atoms with Crippen molar-refractivity contribution in [1.29, 1.82) is 10.5 Å². The molecule has 5 heteroatoms. The third-order valence-electron chi connectivity index (χ3n) is 2.57. The second kappa shape index (κ2) is 5.60. The lowest BCUT2D eigenvalue weighted by atomic mass is 9.81. The van der Waals surface area contributed by atoms with Gasteiger partial charge in [-0.1, -0.05) is 18.2 Å². The van der Waals surface area contributed by atoms with Crippen molar-refractivity contribution in [3.05, 3.63) is 52.6 Å². The van der Waals surface area contributed by atoms with E-state index in [0.29, 0.717) is 5.56 Å². The molecule has 0 unspecified atom stereocenters. The topological polar surface area (TPSA) is 90.7 Å². The third-order valence-corrected chi connectivity index (χ3v) is 2.57. The first kappa shape index (κ1) is 13.4. The normalized spacial score (nSPS) is 10.1. The van der Waals surface area contributed by atoms with Gasteiger partial charge in [0, 0.05) is 18.6 Å². The maximum absolute atomic E-state index is 10.5. The van der Waals surface area contributed by atoms with Gasteiger partial charge in [-0.2, -0.15) is 10.5 Å². The third kappa shape index (κ3) is 2.93. The zero-order valence-electron chi connectivity index (χ0n) is 9.67. The highest BCUT2D eigenvalue weighted by Gasteiger charge is 2.29. The van der Waals surface area contributed by atoms with Crippen molar-refractivity contribution in [2.75, 3.05) is 0 Å². The molecule has 0 heterocycles. The minimum Gasteiger partial charge on any atom is -0.258 e. The van der Waals surface area contributed by atoms with Crippen LogP contribution in [0.1, 0.15) is 12.0 Å². The quantitative estimate of drug-likeness (QED) is 0.450. The van der Waals surface area contributed by atoms with E-state index in [4.69, 9.17) is 10.5 Å². The minimum atomic E-state index is -1.15. The zero-order valence-corrected chi connectivity index (χ0v) is 9.67. The van der Waals surface area contributed by atoms with Crippen LogP contribution in [0.5, 0.6) is 0 Å². The molecule has 1 aromatic carbocycles. The van der Waals surface area contributed by atoms with Gasteiger partial charge in [-0.15, -0.1) is 6.58 Å². The van der Waals surface area contributed by atoms with Crippen molar-refractivity contribution in [3.63, 3.8) is 0 Å². The molecule has 0 spiro atoms. The van der Waals surface area contributed by atoms with E-state index in [-0.39, 0.29) is 18.5 Å². The second-order valence-electron chi connectivity index (χ2n) is 3.90. The van der Waals surface area contributed by atoms with E-state index < -0.39 is 10.3 Å². The number of nitriles is 2. The van der Waals surface area contributed by atoms with E-state index in [2.05, 4.69) is 6.58 Å². The Labute approximate surface area is 105 Å². The molecule has 0 fully saturated rings. The zero-order chi connectivity index (χ0) is 13.6. The van der Waals surface area contributed by atoms with Gasteiger partial charge in [-0.25, -0.2) is 0 Å². The predicted octanol–water partition coefficient (Wildman–Crippen LogP) is 2.75. The van der Waals surface area contributed by atoms with Gasteiger partial charge in [-0.3, -0.25) is 10.1 Å². The van der Waals surface area contributed by atoms with E-state index in [1.165, 1.54) is 18.2 Å². The Bertz CT molecular complexity index is 521. The van der Waals surface area contributed by atoms with Gasteiger partial charge >= 0.3 is 0 Å². The van der Waals surface area contributed by atoms with Crippen LogP contribution in [0, 0.1) is 38.2 Å². The van der Waals surface area contributed by atoms with Crippen molar-refractivity contribution in [3.8, 4) is 12.1 Å². The number of allylic oxidation sites excluding steroid dienone is 1. The molecule has 0 aliphatic rings. The Balaban J connectivity index is 2.96. The van der Waals surface area contributed by atoms with Crippen LogP contribution < -0.4 is 0 Å². The van der Waals surface area contributed by atoms with Crippen molar-refractivity contribution >= 4 is 5.69 Å². The molecule has 0 saturated heterocycles. The van der Waals surface area contributed by atoms with Crippen LogP contribution >= 0.6 is 0 Å². The van der Waals surface area contributed by atoms with Crippen LogP contribution in [-0.2, 0) is 6.42 Å². The van der Waals surface area contributed by atoms with Crippen LogP contribution in [-0.4, -0.2) is 4.92 Å². The summed E-state index contributed by atoms with van der Waals surface area (Å²) in [7, 11) is 0. The molecule has 90 valence electrons. The number of hydrogen-bond acceptors (Lipinski definition) is 4. The van der Waals surface area contributed by atoms with Gasteiger partial charge in [0.2, 0.25) is 0 Å². The molecule has 0 atom stereocenters. The van der Waals surface area contributed by atoms with Crippen LogP contribution in [0.4, 0.5) is 5.69 Å². The fourth-order valence-corrected chi connectivity index (χ4v) is 1.60. The Morgan fingerprint density at radius 2 is 1.89 bits per heavy atom. The molecule has 0 N–H and O–H groups in total. The average Bonchev–Trinajstić information content (AvgIpc) is 2.38. The molecular weight excluding hydrogens is 230 g/mol. The second-order valence-corrected chi connectivity index (χ2v) is 3.90. The lowest BCUT2D eigenvalue weighted by Crippen LogP contribution is -2.18. The summed E-state index contributed by atoms with van der Waals surface area (Å²) in [6.45, 7) is 3.53. The number of nitrogens with zero attached hydrogens (tertiary/aromatic N) is 3. The number of hydrogen-bond donors (Lipinski definition) is 0. The SMILES string of the molecule is C=CCC(C#N)(C#N)Cc1ccc([N+](=O)[O-])cc1. The Morgan fingerprint density at radius 1 is 1.33 bits per heavy atom. The standard InChI is InChI=1S/C13H11N3O2/c1-2-7-13(9-14,10-15)8-11-3-5-12(6-4-11)16(17)18/h2-6H,1,7-8H2. The fraction of sp³-hybridized carbons (Fsp3) is 0.231. The van der Waals surface area contributed by atoms with Crippen molar-refractivity contribution in [1.82, 2.24) is 0 Å². The summed E-state index contributed by atoms with van der Waals surface area (Å²) in [4.78, 5) is 10.0. The van der Waals surface area contributed by atoms with Gasteiger partial charge in [0.25, 0.3) is 5.69 Å². The molecule has 0 bridgehead atoms. The molecular formula is C13H11N3O2. The van der Waals surface area contributed by atoms with Crippen LogP contribution in [0.3, 0.4) is 0 Å². The average molecular weight is 241 g/mol. The summed E-state index contributed by atoms with van der Waals surface area (Å²) in [6.07, 6.45) is 2.01. The number of nitro groups is 1. The van der Waals surface area contributed by atoms with E-state index in [9.17, 15) is 10.1 Å². The first-order valence-corrected chi connectivity index (χ1v) is 5.23. The minimum absolute atomic E-state index is 0.0121. The van der Waals surface area contributed by atoms with Crippen molar-refractivity contribution < 1.29 is 4.92 Å². The van der Waals surface area contributed by atoms with Gasteiger partial charge in [-0.05, 0) is 12.0 Å². The molecule has 0 aliphatic heterocycles. The highest BCUT2D eigenvalue weighted by atomic mass is 16.6. The molecule has 1 aromatic rings. The van der Waals surface area contributed by atoms with Crippen molar-refractivity contribution in [2.24, 2.45) is 5.41 Å². The molecule has 0 amide bonds. The van der Waals surface area contributed by atoms with Crippen LogP contribution in [0.25, 0.3) is 0 Å². The Morgan fingerprint density at radius 3 is 2.28 bits per heavy atom. The summed E-state index contributed by atoms with van der Waals surface area (Å²) in [5, 5.41) is 28.7. The summed E-state index contributed by atoms with van der Waals surface area (Å²) in [6, 6.07) is 9.82. The van der Waals surface area contributed by atoms with Gasteiger partial charge < -0.3 is 0 Å². The number of non-ortho nitro benzene ring substituents is 1. The fourth-order valence-electron chi connectivity index (χ4n) is 1.60. The van der Waals surface area contributed by atoms with Crippen molar-refractivity contribution in [2.45, 2.75) is 12.8 Å².